The largest absolute Gasteiger partial charge is 0.390 e. The van der Waals surface area contributed by atoms with Gasteiger partial charge in [-0.2, -0.15) is 0 Å². The number of β-amino-alcohol motifs (C(OH)–C–C–N with tert-alkyl or cyclic N) is 1. The Bertz CT molecular complexity index is 731. The van der Waals surface area contributed by atoms with Crippen LogP contribution < -0.4 is 5.32 Å². The second-order valence-corrected chi connectivity index (χ2v) is 6.24. The topological polar surface area (TPSA) is 65.5 Å². The zero-order valence-electron chi connectivity index (χ0n) is 14.1. The minimum atomic E-state index is -0.586. The number of carbonyl (C=O) groups is 1. The zero-order chi connectivity index (χ0) is 17.5. The lowest BCUT2D eigenvalue weighted by Crippen LogP contribution is -2.41. The van der Waals surface area contributed by atoms with Crippen LogP contribution in [-0.2, 0) is 17.8 Å². The molecule has 130 valence electrons. The van der Waals surface area contributed by atoms with E-state index in [2.05, 4.69) is 33.4 Å². The number of fused-ring (bicyclic) bond motifs is 1. The van der Waals surface area contributed by atoms with Crippen molar-refractivity contribution in [3.63, 3.8) is 0 Å². The summed E-state index contributed by atoms with van der Waals surface area (Å²) in [5.74, 6) is -0.228. The third-order valence-corrected chi connectivity index (χ3v) is 4.28. The third-order valence-electron chi connectivity index (χ3n) is 4.28. The first-order chi connectivity index (χ1) is 12.2. The summed E-state index contributed by atoms with van der Waals surface area (Å²) in [6.45, 7) is 2.57. The first-order valence-corrected chi connectivity index (χ1v) is 8.55. The monoisotopic (exact) mass is 337 g/mol. The van der Waals surface area contributed by atoms with Crippen LogP contribution in [0.5, 0.6) is 0 Å². The molecule has 1 amide bonds. The molecule has 3 rings (SSSR count). The third kappa shape index (κ3) is 5.24. The van der Waals surface area contributed by atoms with E-state index in [1.165, 1.54) is 17.2 Å². The summed E-state index contributed by atoms with van der Waals surface area (Å²) in [6, 6.07) is 13.9. The summed E-state index contributed by atoms with van der Waals surface area (Å²) in [5, 5.41) is 12.9. The summed E-state index contributed by atoms with van der Waals surface area (Å²) in [5.41, 5.74) is 3.44. The molecule has 1 aromatic carbocycles. The van der Waals surface area contributed by atoms with Gasteiger partial charge in [0.25, 0.3) is 0 Å². The molecule has 5 heteroatoms. The molecule has 0 aliphatic carbocycles. The Morgan fingerprint density at radius 2 is 2.04 bits per heavy atom. The van der Waals surface area contributed by atoms with Crippen LogP contribution in [0.1, 0.15) is 16.8 Å². The smallest absolute Gasteiger partial charge is 0.244 e. The van der Waals surface area contributed by atoms with Crippen LogP contribution in [0.4, 0.5) is 0 Å². The number of carbonyl (C=O) groups excluding carboxylic acids is 1. The molecule has 0 radical (unpaired) electrons. The molecule has 0 fully saturated rings. The molecule has 0 saturated heterocycles. The molecular formula is C20H23N3O2. The zero-order valence-corrected chi connectivity index (χ0v) is 14.1. The Kier molecular flexibility index (Phi) is 5.93. The second kappa shape index (κ2) is 8.55. The molecule has 0 bridgehead atoms. The summed E-state index contributed by atoms with van der Waals surface area (Å²) >= 11 is 0. The highest BCUT2D eigenvalue weighted by molar-refractivity contribution is 5.91. The van der Waals surface area contributed by atoms with Crippen molar-refractivity contribution < 1.29 is 9.90 Å². The van der Waals surface area contributed by atoms with E-state index in [1.807, 2.05) is 24.3 Å². The molecule has 1 atom stereocenters. The summed E-state index contributed by atoms with van der Waals surface area (Å²) in [7, 11) is 0. The highest BCUT2D eigenvalue weighted by atomic mass is 16.3. The molecule has 2 heterocycles. The number of amides is 1. The van der Waals surface area contributed by atoms with Gasteiger partial charge in [0, 0.05) is 38.5 Å². The number of pyridine rings is 1. The lowest BCUT2D eigenvalue weighted by atomic mass is 10.00. The number of aliphatic hydroxyl groups is 1. The number of nitrogens with one attached hydrogen (secondary N) is 1. The maximum absolute atomic E-state index is 11.8. The van der Waals surface area contributed by atoms with Crippen LogP contribution >= 0.6 is 0 Å². The molecule has 25 heavy (non-hydrogen) atoms. The van der Waals surface area contributed by atoms with E-state index in [4.69, 9.17) is 0 Å². The molecule has 1 aliphatic rings. The van der Waals surface area contributed by atoms with Gasteiger partial charge in [-0.25, -0.2) is 0 Å². The molecule has 2 aromatic rings. The van der Waals surface area contributed by atoms with E-state index < -0.39 is 6.10 Å². The fourth-order valence-electron chi connectivity index (χ4n) is 2.99. The Labute approximate surface area is 148 Å². The number of nitrogens with zero attached hydrogens (tertiary/aromatic N) is 2. The number of hydrogen-bond donors (Lipinski definition) is 2. The number of aliphatic hydroxyl groups excluding tert-OH is 1. The average Bonchev–Trinajstić information content (AvgIpc) is 2.65. The minimum Gasteiger partial charge on any atom is -0.390 e. The Balaban J connectivity index is 1.42. The molecule has 1 aliphatic heterocycles. The van der Waals surface area contributed by atoms with Crippen molar-refractivity contribution in [2.45, 2.75) is 19.1 Å². The van der Waals surface area contributed by atoms with E-state index in [1.54, 1.807) is 12.3 Å². The van der Waals surface area contributed by atoms with E-state index in [9.17, 15) is 9.90 Å². The Morgan fingerprint density at radius 3 is 2.84 bits per heavy atom. The normalized spacial score (nSPS) is 15.7. The van der Waals surface area contributed by atoms with Crippen LogP contribution in [0, 0.1) is 0 Å². The van der Waals surface area contributed by atoms with Crippen LogP contribution in [-0.4, -0.2) is 46.6 Å². The van der Waals surface area contributed by atoms with Crippen LogP contribution in [0.3, 0.4) is 0 Å². The van der Waals surface area contributed by atoms with E-state index in [-0.39, 0.29) is 12.5 Å². The molecule has 2 N–H and O–H groups in total. The molecule has 0 saturated carbocycles. The Morgan fingerprint density at radius 1 is 1.24 bits per heavy atom. The van der Waals surface area contributed by atoms with Crippen molar-refractivity contribution in [3.05, 3.63) is 71.6 Å². The molecule has 1 aromatic heterocycles. The van der Waals surface area contributed by atoms with Crippen LogP contribution in [0.15, 0.2) is 54.7 Å². The highest BCUT2D eigenvalue weighted by Gasteiger charge is 2.18. The van der Waals surface area contributed by atoms with Crippen molar-refractivity contribution in [3.8, 4) is 0 Å². The SMILES string of the molecule is O=C(/C=C/c1ccccn1)NCC(O)CN1CCc2ccccc2C1. The fraction of sp³-hybridized carbons (Fsp3) is 0.300. The van der Waals surface area contributed by atoms with Gasteiger partial charge in [-0.05, 0) is 35.8 Å². The first-order valence-electron chi connectivity index (χ1n) is 8.55. The van der Waals surface area contributed by atoms with E-state index in [0.29, 0.717) is 6.54 Å². The molecule has 5 nitrogen and oxygen atoms in total. The van der Waals surface area contributed by atoms with Crippen LogP contribution in [0.25, 0.3) is 6.08 Å². The lowest BCUT2D eigenvalue weighted by Gasteiger charge is -2.30. The van der Waals surface area contributed by atoms with Gasteiger partial charge in [0.2, 0.25) is 5.91 Å². The van der Waals surface area contributed by atoms with Crippen molar-refractivity contribution in [2.24, 2.45) is 0 Å². The molecule has 1 unspecified atom stereocenters. The fourth-order valence-corrected chi connectivity index (χ4v) is 2.99. The molecular weight excluding hydrogens is 314 g/mol. The summed E-state index contributed by atoms with van der Waals surface area (Å²) in [4.78, 5) is 18.2. The average molecular weight is 337 g/mol. The van der Waals surface area contributed by atoms with Gasteiger partial charge in [0.05, 0.1) is 11.8 Å². The van der Waals surface area contributed by atoms with Crippen molar-refractivity contribution >= 4 is 12.0 Å². The standard InChI is InChI=1S/C20H23N3O2/c24-19(13-22-20(25)9-8-18-7-3-4-11-21-18)15-23-12-10-16-5-1-2-6-17(16)14-23/h1-9,11,19,24H,10,12-15H2,(H,22,25)/b9-8+. The predicted molar refractivity (Wildman–Crippen MR) is 97.7 cm³/mol. The van der Waals surface area contributed by atoms with Gasteiger partial charge < -0.3 is 10.4 Å². The van der Waals surface area contributed by atoms with Crippen molar-refractivity contribution in [1.82, 2.24) is 15.2 Å². The first kappa shape index (κ1) is 17.3. The Hall–Kier alpha value is -2.50. The number of benzene rings is 1. The van der Waals surface area contributed by atoms with Gasteiger partial charge in [0.1, 0.15) is 0 Å². The van der Waals surface area contributed by atoms with Crippen molar-refractivity contribution in [2.75, 3.05) is 19.6 Å². The predicted octanol–water partition coefficient (Wildman–Crippen LogP) is 1.63. The van der Waals surface area contributed by atoms with E-state index >= 15 is 0 Å². The quantitative estimate of drug-likeness (QED) is 0.787. The summed E-state index contributed by atoms with van der Waals surface area (Å²) in [6.07, 6.45) is 5.19. The molecule has 0 spiro atoms. The van der Waals surface area contributed by atoms with Gasteiger partial charge in [-0.15, -0.1) is 0 Å². The van der Waals surface area contributed by atoms with Crippen LogP contribution in [0.2, 0.25) is 0 Å². The maximum atomic E-state index is 11.8. The van der Waals surface area contributed by atoms with Crippen molar-refractivity contribution in [1.29, 1.82) is 0 Å². The maximum Gasteiger partial charge on any atom is 0.244 e. The summed E-state index contributed by atoms with van der Waals surface area (Å²) < 4.78 is 0. The number of rotatable bonds is 6. The number of hydrogen-bond acceptors (Lipinski definition) is 4. The second-order valence-electron chi connectivity index (χ2n) is 6.24. The van der Waals surface area contributed by atoms with Gasteiger partial charge in [0.15, 0.2) is 0 Å². The van der Waals surface area contributed by atoms with Gasteiger partial charge >= 0.3 is 0 Å². The minimum absolute atomic E-state index is 0.228. The number of aromatic nitrogens is 1. The van der Waals surface area contributed by atoms with Gasteiger partial charge in [-0.3, -0.25) is 14.7 Å². The lowest BCUT2D eigenvalue weighted by molar-refractivity contribution is -0.116. The highest BCUT2D eigenvalue weighted by Crippen LogP contribution is 2.18. The van der Waals surface area contributed by atoms with Gasteiger partial charge in [-0.1, -0.05) is 30.3 Å². The van der Waals surface area contributed by atoms with E-state index in [0.717, 1.165) is 25.2 Å².